The van der Waals surface area contributed by atoms with Crippen LogP contribution in [-0.4, -0.2) is 9.97 Å². The highest BCUT2D eigenvalue weighted by molar-refractivity contribution is 7.09. The number of aryl methyl sites for hydroxylation is 1. The highest BCUT2D eigenvalue weighted by Gasteiger charge is 2.14. The monoisotopic (exact) mass is 270 g/mol. The molecule has 0 amide bonds. The third kappa shape index (κ3) is 2.35. The molecular weight excluding hydrogens is 256 g/mol. The summed E-state index contributed by atoms with van der Waals surface area (Å²) in [6, 6.07) is 10.3. The Balaban J connectivity index is 2.07. The van der Waals surface area contributed by atoms with Crippen LogP contribution >= 0.6 is 11.3 Å². The molecular formula is C14H14N4S. The SMILES string of the molecule is Cc1ccc2cc(C(NN)c3cncs3)ccc2n1. The molecule has 0 spiro atoms. The zero-order chi connectivity index (χ0) is 13.2. The highest BCUT2D eigenvalue weighted by Crippen LogP contribution is 2.26. The first-order valence-electron chi connectivity index (χ1n) is 6.00. The number of thiazole rings is 1. The predicted molar refractivity (Wildman–Crippen MR) is 77.8 cm³/mol. The van der Waals surface area contributed by atoms with Crippen molar-refractivity contribution in [2.75, 3.05) is 0 Å². The van der Waals surface area contributed by atoms with Crippen LogP contribution in [-0.2, 0) is 0 Å². The summed E-state index contributed by atoms with van der Waals surface area (Å²) in [4.78, 5) is 9.70. The fraction of sp³-hybridized carbons (Fsp3) is 0.143. The molecule has 0 aliphatic heterocycles. The van der Waals surface area contributed by atoms with Crippen LogP contribution in [0.5, 0.6) is 0 Å². The summed E-state index contributed by atoms with van der Waals surface area (Å²) < 4.78 is 0. The van der Waals surface area contributed by atoms with Crippen molar-refractivity contribution in [3.05, 3.63) is 58.2 Å². The Kier molecular flexibility index (Phi) is 3.25. The number of hydrogen-bond acceptors (Lipinski definition) is 5. The minimum atomic E-state index is -0.0294. The van der Waals surface area contributed by atoms with Gasteiger partial charge in [-0.3, -0.25) is 15.8 Å². The minimum Gasteiger partial charge on any atom is -0.271 e. The minimum absolute atomic E-state index is 0.0294. The smallest absolute Gasteiger partial charge is 0.0818 e. The van der Waals surface area contributed by atoms with Gasteiger partial charge in [0.25, 0.3) is 0 Å². The maximum absolute atomic E-state index is 5.68. The second-order valence-electron chi connectivity index (χ2n) is 4.41. The van der Waals surface area contributed by atoms with Gasteiger partial charge in [0, 0.05) is 22.2 Å². The Hall–Kier alpha value is -1.82. The number of nitrogens with one attached hydrogen (secondary N) is 1. The zero-order valence-electron chi connectivity index (χ0n) is 10.5. The molecule has 1 aromatic carbocycles. The predicted octanol–water partition coefficient (Wildman–Crippen LogP) is 2.55. The molecule has 0 radical (unpaired) electrons. The lowest BCUT2D eigenvalue weighted by Crippen LogP contribution is -2.28. The first kappa shape index (κ1) is 12.2. The lowest BCUT2D eigenvalue weighted by atomic mass is 10.0. The first-order chi connectivity index (χ1) is 9.28. The third-order valence-electron chi connectivity index (χ3n) is 3.09. The van der Waals surface area contributed by atoms with Crippen LogP contribution in [0.2, 0.25) is 0 Å². The quantitative estimate of drug-likeness (QED) is 0.567. The van der Waals surface area contributed by atoms with E-state index in [-0.39, 0.29) is 6.04 Å². The number of pyridine rings is 1. The van der Waals surface area contributed by atoms with E-state index in [0.717, 1.165) is 27.0 Å². The second-order valence-corrected chi connectivity index (χ2v) is 5.33. The normalized spacial score (nSPS) is 12.7. The number of fused-ring (bicyclic) bond motifs is 1. The van der Waals surface area contributed by atoms with Gasteiger partial charge in [0.2, 0.25) is 0 Å². The van der Waals surface area contributed by atoms with Crippen LogP contribution in [0, 0.1) is 6.92 Å². The van der Waals surface area contributed by atoms with Gasteiger partial charge < -0.3 is 0 Å². The molecule has 0 fully saturated rings. The maximum atomic E-state index is 5.68. The maximum Gasteiger partial charge on any atom is 0.0818 e. The molecule has 3 aromatic rings. The average molecular weight is 270 g/mol. The van der Waals surface area contributed by atoms with Crippen molar-refractivity contribution in [3.63, 3.8) is 0 Å². The van der Waals surface area contributed by atoms with E-state index in [9.17, 15) is 0 Å². The fourth-order valence-corrected chi connectivity index (χ4v) is 2.84. The van der Waals surface area contributed by atoms with E-state index in [2.05, 4.69) is 33.6 Å². The van der Waals surface area contributed by atoms with Gasteiger partial charge in [0.05, 0.1) is 17.1 Å². The van der Waals surface area contributed by atoms with E-state index < -0.39 is 0 Å². The molecule has 2 aromatic heterocycles. The van der Waals surface area contributed by atoms with Crippen molar-refractivity contribution in [3.8, 4) is 0 Å². The van der Waals surface area contributed by atoms with Crippen LogP contribution in [0.25, 0.3) is 10.9 Å². The molecule has 1 atom stereocenters. The summed E-state index contributed by atoms with van der Waals surface area (Å²) in [6.07, 6.45) is 1.84. The van der Waals surface area contributed by atoms with Crippen LogP contribution in [0.3, 0.4) is 0 Å². The third-order valence-corrected chi connectivity index (χ3v) is 3.93. The van der Waals surface area contributed by atoms with E-state index in [1.807, 2.05) is 30.8 Å². The number of benzene rings is 1. The van der Waals surface area contributed by atoms with Crippen molar-refractivity contribution in [2.45, 2.75) is 13.0 Å². The molecule has 1 unspecified atom stereocenters. The number of nitrogens with zero attached hydrogens (tertiary/aromatic N) is 2. The van der Waals surface area contributed by atoms with Crippen molar-refractivity contribution < 1.29 is 0 Å². The van der Waals surface area contributed by atoms with E-state index in [1.165, 1.54) is 0 Å². The average Bonchev–Trinajstić information content (AvgIpc) is 2.93. The summed E-state index contributed by atoms with van der Waals surface area (Å²) in [6.45, 7) is 1.99. The Labute approximate surface area is 115 Å². The molecule has 0 saturated heterocycles. The standard InChI is InChI=1S/C14H14N4S/c1-9-2-3-10-6-11(4-5-12(10)17-9)14(18-15)13-7-16-8-19-13/h2-8,14,18H,15H2,1H3. The van der Waals surface area contributed by atoms with E-state index in [1.54, 1.807) is 11.3 Å². The number of rotatable bonds is 3. The largest absolute Gasteiger partial charge is 0.271 e. The van der Waals surface area contributed by atoms with E-state index in [0.29, 0.717) is 0 Å². The van der Waals surface area contributed by atoms with E-state index >= 15 is 0 Å². The molecule has 96 valence electrons. The van der Waals surface area contributed by atoms with Gasteiger partial charge in [-0.1, -0.05) is 12.1 Å². The molecule has 0 saturated carbocycles. The van der Waals surface area contributed by atoms with Crippen molar-refractivity contribution in [2.24, 2.45) is 5.84 Å². The van der Waals surface area contributed by atoms with Crippen LogP contribution < -0.4 is 11.3 Å². The van der Waals surface area contributed by atoms with Gasteiger partial charge in [-0.15, -0.1) is 11.3 Å². The Morgan fingerprint density at radius 1 is 1.26 bits per heavy atom. The van der Waals surface area contributed by atoms with E-state index in [4.69, 9.17) is 5.84 Å². The second kappa shape index (κ2) is 5.05. The molecule has 0 aliphatic rings. The molecule has 5 heteroatoms. The number of hydrogen-bond donors (Lipinski definition) is 2. The molecule has 0 aliphatic carbocycles. The molecule has 19 heavy (non-hydrogen) atoms. The summed E-state index contributed by atoms with van der Waals surface area (Å²) >= 11 is 1.59. The number of aromatic nitrogens is 2. The van der Waals surface area contributed by atoms with Gasteiger partial charge in [0.1, 0.15) is 0 Å². The van der Waals surface area contributed by atoms with Gasteiger partial charge in [-0.25, -0.2) is 5.43 Å². The van der Waals surface area contributed by atoms with Crippen molar-refractivity contribution in [1.29, 1.82) is 0 Å². The summed E-state index contributed by atoms with van der Waals surface area (Å²) in [5.74, 6) is 5.68. The number of hydrazine groups is 1. The summed E-state index contributed by atoms with van der Waals surface area (Å²) in [5.41, 5.74) is 7.80. The van der Waals surface area contributed by atoms with Gasteiger partial charge in [-0.05, 0) is 30.7 Å². The van der Waals surface area contributed by atoms with Gasteiger partial charge in [-0.2, -0.15) is 0 Å². The fourth-order valence-electron chi connectivity index (χ4n) is 2.14. The lowest BCUT2D eigenvalue weighted by molar-refractivity contribution is 0.646. The zero-order valence-corrected chi connectivity index (χ0v) is 11.3. The molecule has 2 heterocycles. The Morgan fingerprint density at radius 3 is 2.89 bits per heavy atom. The Morgan fingerprint density at radius 2 is 2.16 bits per heavy atom. The molecule has 4 nitrogen and oxygen atoms in total. The number of nitrogens with two attached hydrogens (primary N) is 1. The van der Waals surface area contributed by atoms with Crippen LogP contribution in [0.1, 0.15) is 22.2 Å². The van der Waals surface area contributed by atoms with Crippen molar-refractivity contribution in [1.82, 2.24) is 15.4 Å². The lowest BCUT2D eigenvalue weighted by Gasteiger charge is -2.14. The molecule has 0 bridgehead atoms. The van der Waals surface area contributed by atoms with Gasteiger partial charge in [0.15, 0.2) is 0 Å². The molecule has 3 rings (SSSR count). The van der Waals surface area contributed by atoms with Crippen LogP contribution in [0.4, 0.5) is 0 Å². The van der Waals surface area contributed by atoms with Crippen LogP contribution in [0.15, 0.2) is 42.0 Å². The highest BCUT2D eigenvalue weighted by atomic mass is 32.1. The Bertz CT molecular complexity index is 694. The summed E-state index contributed by atoms with van der Waals surface area (Å²) in [7, 11) is 0. The van der Waals surface area contributed by atoms with Gasteiger partial charge >= 0.3 is 0 Å². The topological polar surface area (TPSA) is 63.8 Å². The summed E-state index contributed by atoms with van der Waals surface area (Å²) in [5, 5.41) is 1.12. The van der Waals surface area contributed by atoms with Crippen molar-refractivity contribution >= 4 is 22.2 Å². The first-order valence-corrected chi connectivity index (χ1v) is 6.88. The molecule has 3 N–H and O–H groups in total.